The number of aromatic nitrogens is 1. The molecular formula is C10H11NO. The third-order valence-corrected chi connectivity index (χ3v) is 2.18. The molecule has 0 saturated carbocycles. The van der Waals surface area contributed by atoms with E-state index in [1.165, 1.54) is 16.7 Å². The SMILES string of the molecule is COc1ncc(C)c2c1CC=C2. The summed E-state index contributed by atoms with van der Waals surface area (Å²) in [5.74, 6) is 0.764. The number of pyridine rings is 1. The van der Waals surface area contributed by atoms with Crippen molar-refractivity contribution in [2.45, 2.75) is 13.3 Å². The Hall–Kier alpha value is -1.31. The van der Waals surface area contributed by atoms with Gasteiger partial charge in [-0.25, -0.2) is 4.98 Å². The van der Waals surface area contributed by atoms with E-state index in [9.17, 15) is 0 Å². The summed E-state index contributed by atoms with van der Waals surface area (Å²) in [6.45, 7) is 2.07. The van der Waals surface area contributed by atoms with E-state index in [4.69, 9.17) is 4.74 Å². The molecule has 0 aliphatic heterocycles. The summed E-state index contributed by atoms with van der Waals surface area (Å²) in [6.07, 6.45) is 7.08. The van der Waals surface area contributed by atoms with Gasteiger partial charge in [-0.05, 0) is 24.5 Å². The van der Waals surface area contributed by atoms with Crippen molar-refractivity contribution >= 4 is 6.08 Å². The number of hydrogen-bond acceptors (Lipinski definition) is 2. The second-order valence-electron chi connectivity index (χ2n) is 2.95. The minimum atomic E-state index is 0.764. The largest absolute Gasteiger partial charge is 0.481 e. The van der Waals surface area contributed by atoms with Crippen molar-refractivity contribution < 1.29 is 4.74 Å². The van der Waals surface area contributed by atoms with Gasteiger partial charge in [0, 0.05) is 11.8 Å². The number of aryl methyl sites for hydroxylation is 1. The van der Waals surface area contributed by atoms with Crippen LogP contribution in [-0.4, -0.2) is 12.1 Å². The number of methoxy groups -OCH3 is 1. The third kappa shape index (κ3) is 0.916. The van der Waals surface area contributed by atoms with E-state index in [-0.39, 0.29) is 0 Å². The summed E-state index contributed by atoms with van der Waals surface area (Å²) in [5, 5.41) is 0. The highest BCUT2D eigenvalue weighted by Gasteiger charge is 2.13. The topological polar surface area (TPSA) is 22.1 Å². The van der Waals surface area contributed by atoms with Gasteiger partial charge in [-0.2, -0.15) is 0 Å². The maximum Gasteiger partial charge on any atom is 0.217 e. The Balaban J connectivity index is 2.61. The van der Waals surface area contributed by atoms with Crippen LogP contribution in [0.5, 0.6) is 5.88 Å². The smallest absolute Gasteiger partial charge is 0.217 e. The molecule has 1 aromatic heterocycles. The van der Waals surface area contributed by atoms with Gasteiger partial charge in [0.15, 0.2) is 0 Å². The van der Waals surface area contributed by atoms with Gasteiger partial charge in [-0.15, -0.1) is 0 Å². The zero-order valence-electron chi connectivity index (χ0n) is 7.29. The fourth-order valence-corrected chi connectivity index (χ4v) is 1.56. The lowest BCUT2D eigenvalue weighted by molar-refractivity contribution is 0.393. The number of rotatable bonds is 1. The van der Waals surface area contributed by atoms with Crippen LogP contribution >= 0.6 is 0 Å². The van der Waals surface area contributed by atoms with Crippen LogP contribution in [0, 0.1) is 6.92 Å². The Kier molecular flexibility index (Phi) is 1.61. The van der Waals surface area contributed by atoms with E-state index >= 15 is 0 Å². The molecule has 12 heavy (non-hydrogen) atoms. The fraction of sp³-hybridized carbons (Fsp3) is 0.300. The number of hydrogen-bond donors (Lipinski definition) is 0. The van der Waals surface area contributed by atoms with Crippen LogP contribution in [0.15, 0.2) is 12.3 Å². The van der Waals surface area contributed by atoms with Gasteiger partial charge in [-0.3, -0.25) is 0 Å². The van der Waals surface area contributed by atoms with E-state index in [1.807, 2.05) is 6.20 Å². The van der Waals surface area contributed by atoms with Gasteiger partial charge in [0.05, 0.1) is 7.11 Å². The summed E-state index contributed by atoms with van der Waals surface area (Å²) in [4.78, 5) is 4.21. The van der Waals surface area contributed by atoms with Crippen LogP contribution in [0.1, 0.15) is 16.7 Å². The van der Waals surface area contributed by atoms with E-state index < -0.39 is 0 Å². The monoisotopic (exact) mass is 161 g/mol. The summed E-state index contributed by atoms with van der Waals surface area (Å²) in [6, 6.07) is 0. The van der Waals surface area contributed by atoms with Crippen molar-refractivity contribution in [3.63, 3.8) is 0 Å². The number of fused-ring (bicyclic) bond motifs is 1. The number of ether oxygens (including phenoxy) is 1. The molecule has 1 aliphatic rings. The van der Waals surface area contributed by atoms with Crippen LogP contribution in [0.2, 0.25) is 0 Å². The minimum Gasteiger partial charge on any atom is -0.481 e. The summed E-state index contributed by atoms with van der Waals surface area (Å²) >= 11 is 0. The molecule has 1 aliphatic carbocycles. The molecule has 0 spiro atoms. The predicted molar refractivity (Wildman–Crippen MR) is 48.3 cm³/mol. The van der Waals surface area contributed by atoms with Crippen molar-refractivity contribution in [1.29, 1.82) is 0 Å². The molecular weight excluding hydrogens is 150 g/mol. The second kappa shape index (κ2) is 2.63. The maximum absolute atomic E-state index is 5.16. The molecule has 0 N–H and O–H groups in total. The van der Waals surface area contributed by atoms with Crippen LogP contribution in [-0.2, 0) is 6.42 Å². The Labute approximate surface area is 71.9 Å². The molecule has 2 heteroatoms. The Morgan fingerprint density at radius 2 is 2.33 bits per heavy atom. The van der Waals surface area contributed by atoms with Crippen LogP contribution in [0.25, 0.3) is 6.08 Å². The van der Waals surface area contributed by atoms with Gasteiger partial charge in [0.1, 0.15) is 0 Å². The molecule has 0 unspecified atom stereocenters. The summed E-state index contributed by atoms with van der Waals surface area (Å²) < 4.78 is 5.16. The highest BCUT2D eigenvalue weighted by Crippen LogP contribution is 2.28. The van der Waals surface area contributed by atoms with Gasteiger partial charge >= 0.3 is 0 Å². The fourth-order valence-electron chi connectivity index (χ4n) is 1.56. The van der Waals surface area contributed by atoms with Crippen molar-refractivity contribution in [2.75, 3.05) is 7.11 Å². The molecule has 0 radical (unpaired) electrons. The molecule has 0 aromatic carbocycles. The van der Waals surface area contributed by atoms with E-state index in [0.29, 0.717) is 0 Å². The van der Waals surface area contributed by atoms with Crippen molar-refractivity contribution in [3.8, 4) is 5.88 Å². The average Bonchev–Trinajstić information content (AvgIpc) is 2.54. The molecule has 0 fully saturated rings. The molecule has 2 nitrogen and oxygen atoms in total. The lowest BCUT2D eigenvalue weighted by Gasteiger charge is -2.07. The van der Waals surface area contributed by atoms with Gasteiger partial charge < -0.3 is 4.74 Å². The van der Waals surface area contributed by atoms with E-state index in [1.54, 1.807) is 7.11 Å². The van der Waals surface area contributed by atoms with Crippen molar-refractivity contribution in [3.05, 3.63) is 29.0 Å². The molecule has 0 atom stereocenters. The Morgan fingerprint density at radius 1 is 1.50 bits per heavy atom. The van der Waals surface area contributed by atoms with Crippen LogP contribution in [0.4, 0.5) is 0 Å². The average molecular weight is 161 g/mol. The number of allylic oxidation sites excluding steroid dienone is 1. The lowest BCUT2D eigenvalue weighted by atomic mass is 10.1. The summed E-state index contributed by atoms with van der Waals surface area (Å²) in [5.41, 5.74) is 3.72. The standard InChI is InChI=1S/C10H11NO/c1-7-6-11-10(12-2)9-5-3-4-8(7)9/h3-4,6H,5H2,1-2H3. The molecule has 1 aromatic rings. The van der Waals surface area contributed by atoms with Crippen LogP contribution < -0.4 is 4.74 Å². The molecule has 0 saturated heterocycles. The van der Waals surface area contributed by atoms with Crippen molar-refractivity contribution in [1.82, 2.24) is 4.98 Å². The highest BCUT2D eigenvalue weighted by atomic mass is 16.5. The third-order valence-electron chi connectivity index (χ3n) is 2.18. The first-order valence-corrected chi connectivity index (χ1v) is 4.02. The molecule has 62 valence electrons. The first-order valence-electron chi connectivity index (χ1n) is 4.02. The van der Waals surface area contributed by atoms with E-state index in [2.05, 4.69) is 24.1 Å². The van der Waals surface area contributed by atoms with Gasteiger partial charge in [-0.1, -0.05) is 12.2 Å². The van der Waals surface area contributed by atoms with Crippen LogP contribution in [0.3, 0.4) is 0 Å². The quantitative estimate of drug-likeness (QED) is 0.628. The molecule has 0 bridgehead atoms. The first-order chi connectivity index (χ1) is 5.83. The van der Waals surface area contributed by atoms with Crippen molar-refractivity contribution in [2.24, 2.45) is 0 Å². The molecule has 2 rings (SSSR count). The summed E-state index contributed by atoms with van der Waals surface area (Å²) in [7, 11) is 1.66. The van der Waals surface area contributed by atoms with E-state index in [0.717, 1.165) is 12.3 Å². The zero-order valence-corrected chi connectivity index (χ0v) is 7.29. The highest BCUT2D eigenvalue weighted by molar-refractivity contribution is 5.65. The lowest BCUT2D eigenvalue weighted by Crippen LogP contribution is -1.96. The first kappa shape index (κ1) is 7.35. The zero-order chi connectivity index (χ0) is 8.55. The molecule has 0 amide bonds. The van der Waals surface area contributed by atoms with Gasteiger partial charge in [0.2, 0.25) is 5.88 Å². The number of nitrogens with zero attached hydrogens (tertiary/aromatic N) is 1. The Morgan fingerprint density at radius 3 is 3.08 bits per heavy atom. The van der Waals surface area contributed by atoms with Gasteiger partial charge in [0.25, 0.3) is 0 Å². The second-order valence-corrected chi connectivity index (χ2v) is 2.95. The maximum atomic E-state index is 5.16. The Bertz CT molecular complexity index is 342. The predicted octanol–water partition coefficient (Wildman–Crippen LogP) is 1.97. The normalized spacial score (nSPS) is 13.2. The molecule has 1 heterocycles. The minimum absolute atomic E-state index is 0.764.